The Labute approximate surface area is 114 Å². The second kappa shape index (κ2) is 5.14. The van der Waals surface area contributed by atoms with Crippen LogP contribution in [-0.4, -0.2) is 10.1 Å². The van der Waals surface area contributed by atoms with E-state index in [-0.39, 0.29) is 5.41 Å². The van der Waals surface area contributed by atoms with Crippen molar-refractivity contribution in [2.24, 2.45) is 0 Å². The first-order valence-corrected chi connectivity index (χ1v) is 6.95. The van der Waals surface area contributed by atoms with E-state index >= 15 is 0 Å². The third kappa shape index (κ3) is 2.41. The topological polar surface area (TPSA) is 33.1 Å². The average molecular weight is 253 g/mol. The maximum atomic E-state index is 10.4. The van der Waals surface area contributed by atoms with Crippen LogP contribution in [0.15, 0.2) is 54.7 Å². The highest BCUT2D eigenvalue weighted by molar-refractivity contribution is 5.28. The van der Waals surface area contributed by atoms with Crippen molar-refractivity contribution < 1.29 is 5.11 Å². The van der Waals surface area contributed by atoms with Crippen LogP contribution < -0.4 is 0 Å². The summed E-state index contributed by atoms with van der Waals surface area (Å²) in [4.78, 5) is 4.26. The molecule has 1 atom stereocenters. The molecule has 2 aromatic rings. The molecule has 0 amide bonds. The van der Waals surface area contributed by atoms with Crippen LogP contribution in [-0.2, 0) is 5.41 Å². The van der Waals surface area contributed by atoms with E-state index < -0.39 is 6.10 Å². The van der Waals surface area contributed by atoms with Crippen LogP contribution in [0.25, 0.3) is 0 Å². The van der Waals surface area contributed by atoms with E-state index in [1.807, 2.05) is 24.3 Å². The number of aromatic nitrogens is 1. The molecule has 98 valence electrons. The van der Waals surface area contributed by atoms with Gasteiger partial charge in [-0.15, -0.1) is 0 Å². The Morgan fingerprint density at radius 1 is 1.05 bits per heavy atom. The molecule has 0 saturated heterocycles. The molecule has 1 aromatic heterocycles. The number of hydrogen-bond donors (Lipinski definition) is 1. The van der Waals surface area contributed by atoms with Crippen molar-refractivity contribution in [3.8, 4) is 0 Å². The van der Waals surface area contributed by atoms with Crippen molar-refractivity contribution >= 4 is 0 Å². The first-order chi connectivity index (χ1) is 9.30. The Hall–Kier alpha value is -1.67. The van der Waals surface area contributed by atoms with E-state index in [9.17, 15) is 5.11 Å². The van der Waals surface area contributed by atoms with Gasteiger partial charge in [0.2, 0.25) is 0 Å². The van der Waals surface area contributed by atoms with E-state index in [4.69, 9.17) is 0 Å². The highest BCUT2D eigenvalue weighted by atomic mass is 16.3. The van der Waals surface area contributed by atoms with Gasteiger partial charge in [-0.2, -0.15) is 0 Å². The van der Waals surface area contributed by atoms with Crippen LogP contribution in [0.1, 0.15) is 43.0 Å². The summed E-state index contributed by atoms with van der Waals surface area (Å²) >= 11 is 0. The number of pyridine rings is 1. The molecule has 1 aliphatic carbocycles. The molecule has 0 aliphatic heterocycles. The summed E-state index contributed by atoms with van der Waals surface area (Å²) in [6.45, 7) is 0. The zero-order valence-electron chi connectivity index (χ0n) is 11.0. The predicted molar refractivity (Wildman–Crippen MR) is 75.8 cm³/mol. The maximum Gasteiger partial charge on any atom is 0.0968 e. The maximum absolute atomic E-state index is 10.4. The number of aliphatic hydroxyl groups is 1. The minimum Gasteiger partial charge on any atom is -0.387 e. The monoisotopic (exact) mass is 253 g/mol. The predicted octanol–water partition coefficient (Wildman–Crippen LogP) is 3.63. The Morgan fingerprint density at radius 3 is 2.37 bits per heavy atom. The van der Waals surface area contributed by atoms with Gasteiger partial charge >= 0.3 is 0 Å². The van der Waals surface area contributed by atoms with Crippen molar-refractivity contribution in [1.29, 1.82) is 0 Å². The highest BCUT2D eigenvalue weighted by Gasteiger charge is 2.40. The standard InChI is InChI=1S/C17H19NO/c19-16(15-9-4-5-12-18-15)13-17(10-6-11-17)14-7-2-1-3-8-14/h1-5,7-9,12,16,19H,6,10-11,13H2. The van der Waals surface area contributed by atoms with Crippen molar-refractivity contribution in [1.82, 2.24) is 4.98 Å². The lowest BCUT2D eigenvalue weighted by atomic mass is 9.61. The van der Waals surface area contributed by atoms with E-state index in [1.165, 1.54) is 24.8 Å². The van der Waals surface area contributed by atoms with Gasteiger partial charge in [0.1, 0.15) is 0 Å². The lowest BCUT2D eigenvalue weighted by Crippen LogP contribution is -2.36. The SMILES string of the molecule is OC(CC1(c2ccccc2)CCC1)c1ccccn1. The van der Waals surface area contributed by atoms with Gasteiger partial charge in [-0.05, 0) is 42.4 Å². The van der Waals surface area contributed by atoms with Gasteiger partial charge in [-0.3, -0.25) is 4.98 Å². The quantitative estimate of drug-likeness (QED) is 0.902. The summed E-state index contributed by atoms with van der Waals surface area (Å²) in [6.07, 6.45) is 5.63. The molecule has 1 heterocycles. The molecule has 0 bridgehead atoms. The van der Waals surface area contributed by atoms with Crippen molar-refractivity contribution in [2.45, 2.75) is 37.2 Å². The Morgan fingerprint density at radius 2 is 1.79 bits per heavy atom. The average Bonchev–Trinajstić information content (AvgIpc) is 2.44. The molecule has 3 rings (SSSR count). The molecule has 2 nitrogen and oxygen atoms in total. The van der Waals surface area contributed by atoms with Gasteiger partial charge in [0.25, 0.3) is 0 Å². The van der Waals surface area contributed by atoms with Gasteiger partial charge in [0.05, 0.1) is 11.8 Å². The third-order valence-corrected chi connectivity index (χ3v) is 4.31. The van der Waals surface area contributed by atoms with Gasteiger partial charge in [0, 0.05) is 6.20 Å². The second-order valence-corrected chi connectivity index (χ2v) is 5.47. The number of hydrogen-bond acceptors (Lipinski definition) is 2. The van der Waals surface area contributed by atoms with Crippen molar-refractivity contribution in [3.63, 3.8) is 0 Å². The number of rotatable bonds is 4. The molecule has 1 saturated carbocycles. The lowest BCUT2D eigenvalue weighted by molar-refractivity contribution is 0.0913. The van der Waals surface area contributed by atoms with Gasteiger partial charge in [-0.1, -0.05) is 42.8 Å². The van der Waals surface area contributed by atoms with Crippen LogP contribution in [0, 0.1) is 0 Å². The van der Waals surface area contributed by atoms with E-state index in [0.29, 0.717) is 0 Å². The normalized spacial score (nSPS) is 18.6. The molecule has 0 spiro atoms. The smallest absolute Gasteiger partial charge is 0.0968 e. The third-order valence-electron chi connectivity index (χ3n) is 4.31. The van der Waals surface area contributed by atoms with Crippen LogP contribution in [0.4, 0.5) is 0 Å². The summed E-state index contributed by atoms with van der Waals surface area (Å²) in [5.74, 6) is 0. The molecular weight excluding hydrogens is 234 g/mol. The highest BCUT2D eigenvalue weighted by Crippen LogP contribution is 2.49. The number of aliphatic hydroxyl groups excluding tert-OH is 1. The molecular formula is C17H19NO. The minimum atomic E-state index is -0.471. The minimum absolute atomic E-state index is 0.151. The molecule has 0 radical (unpaired) electrons. The largest absolute Gasteiger partial charge is 0.387 e. The summed E-state index contributed by atoms with van der Waals surface area (Å²) in [7, 11) is 0. The van der Waals surface area contributed by atoms with E-state index in [0.717, 1.165) is 12.1 Å². The zero-order chi connectivity index (χ0) is 13.1. The summed E-state index contributed by atoms with van der Waals surface area (Å²) in [5.41, 5.74) is 2.29. The zero-order valence-corrected chi connectivity index (χ0v) is 11.0. The molecule has 1 aromatic carbocycles. The van der Waals surface area contributed by atoms with Gasteiger partial charge in [0.15, 0.2) is 0 Å². The Kier molecular flexibility index (Phi) is 3.34. The fraction of sp³-hybridized carbons (Fsp3) is 0.353. The van der Waals surface area contributed by atoms with E-state index in [2.05, 4.69) is 29.2 Å². The van der Waals surface area contributed by atoms with Crippen LogP contribution >= 0.6 is 0 Å². The van der Waals surface area contributed by atoms with E-state index in [1.54, 1.807) is 6.20 Å². The van der Waals surface area contributed by atoms with Crippen LogP contribution in [0.5, 0.6) is 0 Å². The van der Waals surface area contributed by atoms with Gasteiger partial charge < -0.3 is 5.11 Å². The number of nitrogens with zero attached hydrogens (tertiary/aromatic N) is 1. The molecule has 1 N–H and O–H groups in total. The summed E-state index contributed by atoms with van der Waals surface area (Å²) in [5, 5.41) is 10.4. The number of benzene rings is 1. The lowest BCUT2D eigenvalue weighted by Gasteiger charge is -2.43. The molecule has 1 unspecified atom stereocenters. The van der Waals surface area contributed by atoms with Crippen LogP contribution in [0.2, 0.25) is 0 Å². The van der Waals surface area contributed by atoms with Gasteiger partial charge in [-0.25, -0.2) is 0 Å². The summed E-state index contributed by atoms with van der Waals surface area (Å²) in [6, 6.07) is 16.3. The van der Waals surface area contributed by atoms with Crippen LogP contribution in [0.3, 0.4) is 0 Å². The van der Waals surface area contributed by atoms with Crippen molar-refractivity contribution in [2.75, 3.05) is 0 Å². The molecule has 1 fully saturated rings. The first kappa shape index (κ1) is 12.4. The fourth-order valence-corrected chi connectivity index (χ4v) is 3.05. The fourth-order valence-electron chi connectivity index (χ4n) is 3.05. The first-order valence-electron chi connectivity index (χ1n) is 6.95. The molecule has 2 heteroatoms. The summed E-state index contributed by atoms with van der Waals surface area (Å²) < 4.78 is 0. The molecule has 1 aliphatic rings. The second-order valence-electron chi connectivity index (χ2n) is 5.47. The Balaban J connectivity index is 1.81. The van der Waals surface area contributed by atoms with Crippen molar-refractivity contribution in [3.05, 3.63) is 66.0 Å². The molecule has 19 heavy (non-hydrogen) atoms. The Bertz CT molecular complexity index is 519.